The van der Waals surface area contributed by atoms with E-state index in [4.69, 9.17) is 0 Å². The summed E-state index contributed by atoms with van der Waals surface area (Å²) in [6, 6.07) is 0. The molecule has 0 amide bonds. The van der Waals surface area contributed by atoms with Gasteiger partial charge in [-0.05, 0) is 76.9 Å². The molecule has 6 unspecified atom stereocenters. The van der Waals surface area contributed by atoms with Crippen molar-refractivity contribution >= 4 is 11.6 Å². The Kier molecular flexibility index (Phi) is 6.43. The van der Waals surface area contributed by atoms with E-state index < -0.39 is 0 Å². The molecule has 2 saturated carbocycles. The number of ketones is 2. The minimum Gasteiger partial charge on any atom is -0.392 e. The highest BCUT2D eigenvalue weighted by molar-refractivity contribution is 5.86. The van der Waals surface area contributed by atoms with Crippen LogP contribution in [-0.4, -0.2) is 35.0 Å². The van der Waals surface area contributed by atoms with Crippen LogP contribution in [-0.2, 0) is 9.59 Å². The normalized spacial score (nSPS) is 39.2. The molecule has 4 rings (SSSR count). The first-order valence-corrected chi connectivity index (χ1v) is 13.2. The van der Waals surface area contributed by atoms with Crippen LogP contribution in [0.1, 0.15) is 86.5 Å². The molecular weight excluding hydrogens is 424 g/mol. The van der Waals surface area contributed by atoms with E-state index in [0.717, 1.165) is 32.1 Å². The van der Waals surface area contributed by atoms with Gasteiger partial charge in [-0.2, -0.15) is 0 Å². The lowest BCUT2D eigenvalue weighted by Gasteiger charge is -2.59. The highest BCUT2D eigenvalue weighted by Gasteiger charge is 2.63. The quantitative estimate of drug-likeness (QED) is 0.499. The van der Waals surface area contributed by atoms with Crippen LogP contribution >= 0.6 is 0 Å². The van der Waals surface area contributed by atoms with Gasteiger partial charge in [-0.3, -0.25) is 9.59 Å². The molecule has 0 aromatic heterocycles. The Bertz CT molecular complexity index is 962. The summed E-state index contributed by atoms with van der Waals surface area (Å²) in [5.41, 5.74) is 3.30. The largest absolute Gasteiger partial charge is 0.392 e. The van der Waals surface area contributed by atoms with Gasteiger partial charge >= 0.3 is 0 Å². The van der Waals surface area contributed by atoms with Gasteiger partial charge < -0.3 is 10.2 Å². The van der Waals surface area contributed by atoms with Crippen molar-refractivity contribution in [1.29, 1.82) is 0 Å². The second-order valence-corrected chi connectivity index (χ2v) is 12.8. The molecule has 0 radical (unpaired) electrons. The monoisotopic (exact) mass is 468 g/mol. The minimum atomic E-state index is -0.286. The maximum atomic E-state index is 13.1. The van der Waals surface area contributed by atoms with Gasteiger partial charge in [-0.15, -0.1) is 0 Å². The van der Waals surface area contributed by atoms with Crippen LogP contribution in [0, 0.1) is 39.4 Å². The van der Waals surface area contributed by atoms with E-state index in [1.807, 2.05) is 0 Å². The summed E-state index contributed by atoms with van der Waals surface area (Å²) in [5.74, 6) is 1.20. The van der Waals surface area contributed by atoms with Crippen molar-refractivity contribution in [2.24, 2.45) is 39.4 Å². The Morgan fingerprint density at radius 3 is 2.41 bits per heavy atom. The van der Waals surface area contributed by atoms with Gasteiger partial charge in [0.1, 0.15) is 11.6 Å². The van der Waals surface area contributed by atoms with Gasteiger partial charge in [0.2, 0.25) is 0 Å². The molecule has 34 heavy (non-hydrogen) atoms. The number of fused-ring (bicyclic) bond motifs is 5. The zero-order valence-corrected chi connectivity index (χ0v) is 22.0. The number of carbonyl (C=O) groups is 2. The van der Waals surface area contributed by atoms with Crippen molar-refractivity contribution < 1.29 is 19.8 Å². The first-order chi connectivity index (χ1) is 15.9. The Morgan fingerprint density at radius 2 is 1.76 bits per heavy atom. The van der Waals surface area contributed by atoms with E-state index in [2.05, 4.69) is 53.7 Å². The smallest absolute Gasteiger partial charge is 0.139 e. The number of rotatable bonds is 6. The van der Waals surface area contributed by atoms with Crippen molar-refractivity contribution in [3.05, 3.63) is 34.9 Å². The summed E-state index contributed by atoms with van der Waals surface area (Å²) in [4.78, 5) is 25.9. The average molecular weight is 469 g/mol. The lowest BCUT2D eigenvalue weighted by atomic mass is 9.44. The fourth-order valence-corrected chi connectivity index (χ4v) is 8.48. The third-order valence-electron chi connectivity index (χ3n) is 11.2. The molecule has 2 fully saturated rings. The number of Topliss-reactive ketones (excluding diaryl/α,β-unsaturated/α-hetero) is 2. The van der Waals surface area contributed by atoms with Crippen LogP contribution in [0.3, 0.4) is 0 Å². The summed E-state index contributed by atoms with van der Waals surface area (Å²) in [5, 5.41) is 18.6. The van der Waals surface area contributed by atoms with E-state index in [1.165, 1.54) is 11.1 Å². The molecule has 4 heteroatoms. The Balaban J connectivity index is 1.64. The van der Waals surface area contributed by atoms with E-state index >= 15 is 0 Å². The maximum absolute atomic E-state index is 13.1. The Hall–Kier alpha value is -1.52. The molecule has 6 atom stereocenters. The van der Waals surface area contributed by atoms with Gasteiger partial charge in [0, 0.05) is 24.2 Å². The molecule has 0 saturated heterocycles. The maximum Gasteiger partial charge on any atom is 0.139 e. The molecule has 0 spiro atoms. The summed E-state index contributed by atoms with van der Waals surface area (Å²) in [7, 11) is 0. The third kappa shape index (κ3) is 3.46. The molecule has 4 nitrogen and oxygen atoms in total. The number of aliphatic hydroxyl groups excluding tert-OH is 2. The molecular formula is C30H44O4. The van der Waals surface area contributed by atoms with Gasteiger partial charge in [-0.25, -0.2) is 0 Å². The summed E-state index contributed by atoms with van der Waals surface area (Å²) < 4.78 is 0. The van der Waals surface area contributed by atoms with Crippen LogP contribution in [0.5, 0.6) is 0 Å². The SMILES string of the molecule is CC(C(=O)CC=C(CO)CO)C1CCC2(C)C3=CCC4C(C)(C)C(=O)CCC4(C)C3=CCC12C. The van der Waals surface area contributed by atoms with Crippen molar-refractivity contribution in [2.75, 3.05) is 13.2 Å². The van der Waals surface area contributed by atoms with E-state index in [9.17, 15) is 19.8 Å². The number of carbonyl (C=O) groups excluding carboxylic acids is 2. The second-order valence-electron chi connectivity index (χ2n) is 12.8. The van der Waals surface area contributed by atoms with E-state index in [0.29, 0.717) is 29.6 Å². The summed E-state index contributed by atoms with van der Waals surface area (Å²) >= 11 is 0. The molecule has 0 aliphatic heterocycles. The van der Waals surface area contributed by atoms with Gasteiger partial charge in [-0.1, -0.05) is 59.8 Å². The fourth-order valence-electron chi connectivity index (χ4n) is 8.48. The summed E-state index contributed by atoms with van der Waals surface area (Å²) in [6.45, 7) is 13.2. The van der Waals surface area contributed by atoms with Gasteiger partial charge in [0.25, 0.3) is 0 Å². The molecule has 0 bridgehead atoms. The fraction of sp³-hybridized carbons (Fsp3) is 0.733. The third-order valence-corrected chi connectivity index (χ3v) is 11.2. The molecule has 4 aliphatic carbocycles. The van der Waals surface area contributed by atoms with Crippen molar-refractivity contribution in [3.8, 4) is 0 Å². The van der Waals surface area contributed by atoms with Crippen LogP contribution in [0.25, 0.3) is 0 Å². The zero-order valence-electron chi connectivity index (χ0n) is 22.0. The number of hydrogen-bond donors (Lipinski definition) is 2. The van der Waals surface area contributed by atoms with E-state index in [-0.39, 0.29) is 53.0 Å². The highest BCUT2D eigenvalue weighted by Crippen LogP contribution is 2.71. The van der Waals surface area contributed by atoms with Crippen molar-refractivity contribution in [2.45, 2.75) is 86.5 Å². The second kappa shape index (κ2) is 8.55. The van der Waals surface area contributed by atoms with E-state index in [1.54, 1.807) is 6.08 Å². The number of aliphatic hydroxyl groups is 2. The van der Waals surface area contributed by atoms with Gasteiger partial charge in [0.15, 0.2) is 0 Å². The lowest BCUT2D eigenvalue weighted by molar-refractivity contribution is -0.138. The predicted molar refractivity (Wildman–Crippen MR) is 135 cm³/mol. The summed E-state index contributed by atoms with van der Waals surface area (Å²) in [6.07, 6.45) is 12.6. The highest BCUT2D eigenvalue weighted by atomic mass is 16.3. The molecule has 188 valence electrons. The topological polar surface area (TPSA) is 74.6 Å². The van der Waals surface area contributed by atoms with Gasteiger partial charge in [0.05, 0.1) is 13.2 Å². The van der Waals surface area contributed by atoms with Crippen LogP contribution in [0.4, 0.5) is 0 Å². The standard InChI is InChI=1S/C30H44O4/c1-19(24(33)9-7-20(17-31)18-32)21-11-15-30(6)23-8-10-25-27(2,3)26(34)13-14-28(25,4)22(23)12-16-29(21,30)5/h7-8,12,19,21,25,31-32H,9-11,13-18H2,1-6H3. The molecule has 0 aromatic carbocycles. The first kappa shape index (κ1) is 25.6. The Labute approximate surface area is 205 Å². The number of hydrogen-bond acceptors (Lipinski definition) is 4. The number of allylic oxidation sites excluding steroid dienone is 5. The van der Waals surface area contributed by atoms with Crippen molar-refractivity contribution in [3.63, 3.8) is 0 Å². The minimum absolute atomic E-state index is 0.0150. The lowest BCUT2D eigenvalue weighted by Crippen LogP contribution is -2.53. The van der Waals surface area contributed by atoms with Crippen LogP contribution in [0.15, 0.2) is 34.9 Å². The first-order valence-electron chi connectivity index (χ1n) is 13.2. The molecule has 0 heterocycles. The van der Waals surface area contributed by atoms with Crippen LogP contribution < -0.4 is 0 Å². The molecule has 4 aliphatic rings. The van der Waals surface area contributed by atoms with Crippen molar-refractivity contribution in [1.82, 2.24) is 0 Å². The molecule has 2 N–H and O–H groups in total. The average Bonchev–Trinajstić information content (AvgIpc) is 3.08. The Morgan fingerprint density at radius 1 is 1.09 bits per heavy atom. The predicted octanol–water partition coefficient (Wildman–Crippen LogP) is 5.59. The van der Waals surface area contributed by atoms with Crippen LogP contribution in [0.2, 0.25) is 0 Å². The zero-order chi connectivity index (χ0) is 25.1. The molecule has 0 aromatic rings.